The van der Waals surface area contributed by atoms with E-state index in [-0.39, 0.29) is 32.2 Å². The van der Waals surface area contributed by atoms with Crippen LogP contribution in [0.3, 0.4) is 0 Å². The van der Waals surface area contributed by atoms with Crippen LogP contribution >= 0.6 is 46.4 Å². The molecule has 0 aromatic heterocycles. The van der Waals surface area contributed by atoms with Crippen molar-refractivity contribution in [2.24, 2.45) is 17.3 Å². The van der Waals surface area contributed by atoms with Crippen LogP contribution in [0, 0.1) is 17.3 Å². The number of halogens is 4. The number of esters is 1. The van der Waals surface area contributed by atoms with Gasteiger partial charge in [-0.15, -0.1) is 0 Å². The third-order valence-corrected chi connectivity index (χ3v) is 5.66. The number of rotatable bonds is 7. The Morgan fingerprint density at radius 2 is 1.63 bits per heavy atom. The van der Waals surface area contributed by atoms with Gasteiger partial charge in [-0.3, -0.25) is 4.79 Å². The molecule has 7 heteroatoms. The monoisotopic (exact) mass is 484 g/mol. The molecule has 1 aliphatic carbocycles. The molecule has 3 rings (SSSR count). The summed E-state index contributed by atoms with van der Waals surface area (Å²) in [5.74, 6) is 0.459. The van der Waals surface area contributed by atoms with Crippen molar-refractivity contribution in [3.63, 3.8) is 0 Å². The lowest BCUT2D eigenvalue weighted by atomic mass is 10.1. The Morgan fingerprint density at radius 1 is 0.967 bits per heavy atom. The highest BCUT2D eigenvalue weighted by Crippen LogP contribution is 2.60. The fraction of sp³-hybridized carbons (Fsp3) is 0.261. The molecule has 158 valence electrons. The first kappa shape index (κ1) is 23.0. The molecule has 2 aromatic carbocycles. The summed E-state index contributed by atoms with van der Waals surface area (Å²) in [5, 5.41) is 0. The van der Waals surface area contributed by atoms with Gasteiger partial charge >= 0.3 is 5.97 Å². The molecule has 1 fully saturated rings. The van der Waals surface area contributed by atoms with E-state index in [0.717, 1.165) is 0 Å². The first-order chi connectivity index (χ1) is 14.2. The lowest BCUT2D eigenvalue weighted by Crippen LogP contribution is -2.14. The first-order valence-corrected chi connectivity index (χ1v) is 10.8. The van der Waals surface area contributed by atoms with Crippen LogP contribution in [0.25, 0.3) is 0 Å². The second kappa shape index (κ2) is 9.65. The molecule has 0 spiro atoms. The van der Waals surface area contributed by atoms with Crippen molar-refractivity contribution in [2.75, 3.05) is 0 Å². The highest BCUT2D eigenvalue weighted by molar-refractivity contribution is 6.56. The molecule has 3 nitrogen and oxygen atoms in total. The van der Waals surface area contributed by atoms with Gasteiger partial charge in [0.2, 0.25) is 0 Å². The van der Waals surface area contributed by atoms with Gasteiger partial charge in [0.25, 0.3) is 0 Å². The second-order valence-electron chi connectivity index (χ2n) is 7.58. The number of allylic oxidation sites excluding steroid dienone is 1. The topological polar surface area (TPSA) is 35.5 Å². The average Bonchev–Trinajstić information content (AvgIpc) is 3.21. The van der Waals surface area contributed by atoms with Crippen LogP contribution in [0.2, 0.25) is 0 Å². The summed E-state index contributed by atoms with van der Waals surface area (Å²) in [4.78, 5) is 12.9. The maximum absolute atomic E-state index is 12.9. The molecule has 30 heavy (non-hydrogen) atoms. The molecule has 0 saturated heterocycles. The molecule has 0 bridgehead atoms. The summed E-state index contributed by atoms with van der Waals surface area (Å²) in [6, 6.07) is 16.6. The smallest absolute Gasteiger partial charge is 0.311 e. The minimum Gasteiger partial charge on any atom is -0.457 e. The molecule has 1 saturated carbocycles. The Balaban J connectivity index is 1.80. The van der Waals surface area contributed by atoms with Gasteiger partial charge in [-0.25, -0.2) is 0 Å². The lowest BCUT2D eigenvalue weighted by Gasteiger charge is -2.17. The molecule has 0 amide bonds. The summed E-state index contributed by atoms with van der Waals surface area (Å²) >= 11 is 23.3. The number of benzene rings is 2. The normalized spacial score (nSPS) is 19.9. The largest absolute Gasteiger partial charge is 0.457 e. The fourth-order valence-electron chi connectivity index (χ4n) is 3.47. The lowest BCUT2D eigenvalue weighted by molar-refractivity contribution is -0.149. The Hall–Kier alpha value is -1.65. The molecule has 0 aliphatic heterocycles. The molecule has 1 aliphatic rings. The summed E-state index contributed by atoms with van der Waals surface area (Å²) in [7, 11) is 0. The Morgan fingerprint density at radius 3 is 2.27 bits per heavy atom. The fourth-order valence-corrected chi connectivity index (χ4v) is 3.97. The van der Waals surface area contributed by atoms with Crippen molar-refractivity contribution in [3.8, 4) is 11.5 Å². The highest BCUT2D eigenvalue weighted by Gasteiger charge is 2.61. The van der Waals surface area contributed by atoms with E-state index in [4.69, 9.17) is 55.9 Å². The van der Waals surface area contributed by atoms with E-state index in [9.17, 15) is 4.79 Å². The summed E-state index contributed by atoms with van der Waals surface area (Å²) < 4.78 is 11.8. The van der Waals surface area contributed by atoms with Crippen LogP contribution in [0.5, 0.6) is 11.5 Å². The predicted molar refractivity (Wildman–Crippen MR) is 122 cm³/mol. The Labute approximate surface area is 196 Å². The zero-order chi connectivity index (χ0) is 21.9. The number of ether oxygens (including phenoxy) is 2. The molecule has 2 aromatic rings. The number of para-hydroxylation sites is 1. The van der Waals surface area contributed by atoms with Crippen LogP contribution in [0.15, 0.2) is 75.7 Å². The van der Waals surface area contributed by atoms with Gasteiger partial charge in [0.05, 0.1) is 5.92 Å². The minimum atomic E-state index is -0.769. The molecule has 0 N–H and O–H groups in total. The molecule has 0 heterocycles. The van der Waals surface area contributed by atoms with E-state index in [2.05, 4.69) is 0 Å². The molecular formula is C23H20Cl4O3. The standard InChI is InChI=1S/C23H20Cl4O3/c1-23(2)17(12-19(24)25)21(23)22(28)30-18(13-20(26)27)14-7-6-10-16(11-14)29-15-8-4-3-5-9-15/h3-13,17-18,21H,1-2H3. The summed E-state index contributed by atoms with van der Waals surface area (Å²) in [5.41, 5.74) is 0.375. The molecule has 3 unspecified atom stereocenters. The summed E-state index contributed by atoms with van der Waals surface area (Å²) in [6.45, 7) is 3.93. The quantitative estimate of drug-likeness (QED) is 0.373. The van der Waals surface area contributed by atoms with Crippen molar-refractivity contribution in [1.82, 2.24) is 0 Å². The van der Waals surface area contributed by atoms with Gasteiger partial charge in [-0.05, 0) is 47.8 Å². The first-order valence-electron chi connectivity index (χ1n) is 9.27. The van der Waals surface area contributed by atoms with Crippen LogP contribution < -0.4 is 4.74 Å². The molecule has 3 atom stereocenters. The number of hydrogen-bond donors (Lipinski definition) is 0. The van der Waals surface area contributed by atoms with Crippen molar-refractivity contribution in [1.29, 1.82) is 0 Å². The van der Waals surface area contributed by atoms with E-state index in [1.807, 2.05) is 62.4 Å². The van der Waals surface area contributed by atoms with Crippen molar-refractivity contribution in [3.05, 3.63) is 81.3 Å². The Kier molecular flexibility index (Phi) is 7.41. The van der Waals surface area contributed by atoms with Crippen LogP contribution in [0.1, 0.15) is 25.5 Å². The number of carbonyl (C=O) groups is 1. The number of hydrogen-bond acceptors (Lipinski definition) is 3. The highest BCUT2D eigenvalue weighted by atomic mass is 35.5. The van der Waals surface area contributed by atoms with Crippen molar-refractivity contribution >= 4 is 52.4 Å². The maximum Gasteiger partial charge on any atom is 0.311 e. The van der Waals surface area contributed by atoms with E-state index in [1.165, 1.54) is 6.08 Å². The van der Waals surface area contributed by atoms with Gasteiger partial charge < -0.3 is 9.47 Å². The third-order valence-electron chi connectivity index (χ3n) is 5.16. The van der Waals surface area contributed by atoms with Crippen LogP contribution in [0.4, 0.5) is 0 Å². The van der Waals surface area contributed by atoms with Gasteiger partial charge in [0.1, 0.15) is 26.6 Å². The Bertz CT molecular complexity index is 961. The van der Waals surface area contributed by atoms with Crippen LogP contribution in [-0.4, -0.2) is 5.97 Å². The van der Waals surface area contributed by atoms with Crippen LogP contribution in [-0.2, 0) is 9.53 Å². The van der Waals surface area contributed by atoms with Gasteiger partial charge in [-0.2, -0.15) is 0 Å². The van der Waals surface area contributed by atoms with E-state index >= 15 is 0 Å². The van der Waals surface area contributed by atoms with Gasteiger partial charge in [0, 0.05) is 5.56 Å². The maximum atomic E-state index is 12.9. The molecule has 0 radical (unpaired) electrons. The predicted octanol–water partition coefficient (Wildman–Crippen LogP) is 7.97. The van der Waals surface area contributed by atoms with Gasteiger partial charge in [0.15, 0.2) is 0 Å². The minimum absolute atomic E-state index is 0.00233. The zero-order valence-electron chi connectivity index (χ0n) is 16.3. The van der Waals surface area contributed by atoms with Crippen molar-refractivity contribution in [2.45, 2.75) is 20.0 Å². The van der Waals surface area contributed by atoms with Crippen molar-refractivity contribution < 1.29 is 14.3 Å². The average molecular weight is 486 g/mol. The number of carbonyl (C=O) groups excluding carboxylic acids is 1. The SMILES string of the molecule is CC1(C)C(C=C(Cl)Cl)C1C(=O)OC(C=C(Cl)Cl)c1cccc(Oc2ccccc2)c1. The van der Waals surface area contributed by atoms with E-state index in [1.54, 1.807) is 12.1 Å². The van der Waals surface area contributed by atoms with E-state index in [0.29, 0.717) is 17.1 Å². The summed E-state index contributed by atoms with van der Waals surface area (Å²) in [6.07, 6.45) is 2.37. The van der Waals surface area contributed by atoms with Gasteiger partial charge in [-0.1, -0.05) is 90.6 Å². The zero-order valence-corrected chi connectivity index (χ0v) is 19.3. The van der Waals surface area contributed by atoms with E-state index < -0.39 is 6.10 Å². The molecular weight excluding hydrogens is 466 g/mol. The second-order valence-corrected chi connectivity index (χ2v) is 9.60. The third kappa shape index (κ3) is 5.73.